The molecule has 2 aromatic carbocycles. The zero-order chi connectivity index (χ0) is 23.2. The fourth-order valence-corrected chi connectivity index (χ4v) is 2.88. The number of aliphatic imine (C=N–C) groups is 1. The summed E-state index contributed by atoms with van der Waals surface area (Å²) in [4.78, 5) is 17.9. The predicted octanol–water partition coefficient (Wildman–Crippen LogP) is 3.38. The van der Waals surface area contributed by atoms with Crippen LogP contribution in [-0.2, 0) is 16.1 Å². The molecular formula is C25H36N4O3. The molecule has 0 aliphatic heterocycles. The van der Waals surface area contributed by atoms with E-state index < -0.39 is 0 Å². The highest BCUT2D eigenvalue weighted by molar-refractivity contribution is 5.79. The Morgan fingerprint density at radius 3 is 2.59 bits per heavy atom. The van der Waals surface area contributed by atoms with Crippen LogP contribution in [0, 0.1) is 0 Å². The van der Waals surface area contributed by atoms with E-state index in [0.717, 1.165) is 31.0 Å². The van der Waals surface area contributed by atoms with Crippen molar-refractivity contribution in [1.29, 1.82) is 0 Å². The quantitative estimate of drug-likeness (QED) is 0.301. The Kier molecular flexibility index (Phi) is 11.1. The number of nitrogens with zero attached hydrogens (tertiary/aromatic N) is 2. The molecule has 0 saturated carbocycles. The van der Waals surface area contributed by atoms with Crippen molar-refractivity contribution in [3.05, 3.63) is 65.7 Å². The fraction of sp³-hybridized carbons (Fsp3) is 0.440. The number of nitrogens with one attached hydrogen (secondary N) is 2. The number of hydrogen-bond acceptors (Lipinski definition) is 4. The number of ether oxygens (including phenoxy) is 2. The first-order valence-electron chi connectivity index (χ1n) is 11.1. The van der Waals surface area contributed by atoms with Gasteiger partial charge >= 0.3 is 0 Å². The minimum Gasteiger partial charge on any atom is -0.484 e. The van der Waals surface area contributed by atoms with Gasteiger partial charge in [-0.15, -0.1) is 0 Å². The molecule has 0 saturated heterocycles. The van der Waals surface area contributed by atoms with Gasteiger partial charge in [0.15, 0.2) is 12.6 Å². The van der Waals surface area contributed by atoms with Gasteiger partial charge in [-0.05, 0) is 43.5 Å². The first-order valence-corrected chi connectivity index (χ1v) is 11.1. The molecule has 174 valence electrons. The largest absolute Gasteiger partial charge is 0.484 e. The van der Waals surface area contributed by atoms with E-state index in [-0.39, 0.29) is 18.6 Å². The van der Waals surface area contributed by atoms with E-state index >= 15 is 0 Å². The number of rotatable bonds is 12. The monoisotopic (exact) mass is 440 g/mol. The van der Waals surface area contributed by atoms with Crippen LogP contribution in [0.15, 0.2) is 59.6 Å². The molecule has 7 nitrogen and oxygen atoms in total. The second kappa shape index (κ2) is 14.1. The second-order valence-corrected chi connectivity index (χ2v) is 7.62. The molecule has 7 heteroatoms. The minimum absolute atomic E-state index is 0.0227. The Morgan fingerprint density at radius 1 is 1.09 bits per heavy atom. The van der Waals surface area contributed by atoms with E-state index in [1.54, 1.807) is 14.1 Å². The molecule has 0 heterocycles. The highest BCUT2D eigenvalue weighted by Crippen LogP contribution is 2.16. The Balaban J connectivity index is 1.77. The molecule has 1 amide bonds. The van der Waals surface area contributed by atoms with Gasteiger partial charge in [-0.3, -0.25) is 4.79 Å². The van der Waals surface area contributed by atoms with Crippen LogP contribution in [0.3, 0.4) is 0 Å². The lowest BCUT2D eigenvalue weighted by molar-refractivity contribution is -0.130. The number of carbonyl (C=O) groups is 1. The van der Waals surface area contributed by atoms with Crippen LogP contribution in [0.25, 0.3) is 0 Å². The van der Waals surface area contributed by atoms with E-state index in [2.05, 4.69) is 34.7 Å². The maximum absolute atomic E-state index is 11.7. The van der Waals surface area contributed by atoms with Gasteiger partial charge < -0.3 is 25.0 Å². The van der Waals surface area contributed by atoms with Crippen LogP contribution >= 0.6 is 0 Å². The highest BCUT2D eigenvalue weighted by Gasteiger charge is 2.06. The molecule has 0 spiro atoms. The molecule has 2 N–H and O–H groups in total. The van der Waals surface area contributed by atoms with Gasteiger partial charge in [0, 0.05) is 33.8 Å². The Bertz CT molecular complexity index is 840. The van der Waals surface area contributed by atoms with Crippen LogP contribution in [-0.4, -0.2) is 57.2 Å². The van der Waals surface area contributed by atoms with Gasteiger partial charge in [0.05, 0.1) is 12.6 Å². The Labute approximate surface area is 191 Å². The van der Waals surface area contributed by atoms with Crippen molar-refractivity contribution < 1.29 is 14.3 Å². The zero-order valence-corrected chi connectivity index (χ0v) is 19.6. The van der Waals surface area contributed by atoms with Crippen molar-refractivity contribution in [2.45, 2.75) is 32.9 Å². The average Bonchev–Trinajstić information content (AvgIpc) is 2.81. The molecule has 0 aromatic heterocycles. The summed E-state index contributed by atoms with van der Waals surface area (Å²) in [5.41, 5.74) is 2.20. The van der Waals surface area contributed by atoms with Crippen LogP contribution in [0.1, 0.15) is 37.5 Å². The van der Waals surface area contributed by atoms with Crippen LogP contribution in [0.5, 0.6) is 5.75 Å². The third kappa shape index (κ3) is 9.39. The molecule has 0 aliphatic carbocycles. The molecule has 0 aliphatic rings. The van der Waals surface area contributed by atoms with Crippen molar-refractivity contribution >= 4 is 11.9 Å². The smallest absolute Gasteiger partial charge is 0.259 e. The number of hydrogen-bond donors (Lipinski definition) is 2. The molecule has 0 bridgehead atoms. The number of guanidine groups is 1. The van der Waals surface area contributed by atoms with Crippen molar-refractivity contribution in [3.63, 3.8) is 0 Å². The topological polar surface area (TPSA) is 75.2 Å². The summed E-state index contributed by atoms with van der Waals surface area (Å²) in [6, 6.07) is 17.9. The molecule has 1 atom stereocenters. The second-order valence-electron chi connectivity index (χ2n) is 7.62. The number of benzene rings is 2. The first-order chi connectivity index (χ1) is 15.5. The van der Waals surface area contributed by atoms with Gasteiger partial charge in [0.2, 0.25) is 0 Å². The number of likely N-dealkylation sites (N-methyl/N-ethyl adjacent to an activating group) is 1. The lowest BCUT2D eigenvalue weighted by Gasteiger charge is -2.15. The summed E-state index contributed by atoms with van der Waals surface area (Å²) in [5.74, 6) is 1.35. The highest BCUT2D eigenvalue weighted by atomic mass is 16.5. The summed E-state index contributed by atoms with van der Waals surface area (Å²) < 4.78 is 11.5. The van der Waals surface area contributed by atoms with E-state index in [9.17, 15) is 4.79 Å². The lowest BCUT2D eigenvalue weighted by atomic mass is 10.1. The Morgan fingerprint density at radius 2 is 1.88 bits per heavy atom. The molecule has 2 aromatic rings. The van der Waals surface area contributed by atoms with Crippen LogP contribution < -0.4 is 15.4 Å². The normalized spacial score (nSPS) is 12.2. The molecule has 0 fully saturated rings. The summed E-state index contributed by atoms with van der Waals surface area (Å²) >= 11 is 0. The number of amides is 1. The zero-order valence-electron chi connectivity index (χ0n) is 19.6. The van der Waals surface area contributed by atoms with Gasteiger partial charge in [-0.25, -0.2) is 4.99 Å². The molecule has 0 radical (unpaired) electrons. The van der Waals surface area contributed by atoms with Crippen LogP contribution in [0.2, 0.25) is 0 Å². The third-order valence-electron chi connectivity index (χ3n) is 4.77. The molecule has 2 rings (SSSR count). The molecular weight excluding hydrogens is 404 g/mol. The third-order valence-corrected chi connectivity index (χ3v) is 4.77. The maximum Gasteiger partial charge on any atom is 0.259 e. The molecule has 32 heavy (non-hydrogen) atoms. The maximum atomic E-state index is 11.7. The lowest BCUT2D eigenvalue weighted by Crippen LogP contribution is -2.38. The van der Waals surface area contributed by atoms with Crippen molar-refractivity contribution in [2.24, 2.45) is 4.99 Å². The molecule has 1 unspecified atom stereocenters. The summed E-state index contributed by atoms with van der Waals surface area (Å²) in [6.45, 7) is 6.87. The van der Waals surface area contributed by atoms with Crippen LogP contribution in [0.4, 0.5) is 0 Å². The van der Waals surface area contributed by atoms with E-state index in [0.29, 0.717) is 18.9 Å². The van der Waals surface area contributed by atoms with Crippen molar-refractivity contribution in [3.8, 4) is 5.75 Å². The van der Waals surface area contributed by atoms with Gasteiger partial charge in [0.1, 0.15) is 5.75 Å². The predicted molar refractivity (Wildman–Crippen MR) is 129 cm³/mol. The van der Waals surface area contributed by atoms with E-state index in [1.165, 1.54) is 10.5 Å². The van der Waals surface area contributed by atoms with E-state index in [1.807, 2.05) is 49.4 Å². The fourth-order valence-electron chi connectivity index (χ4n) is 2.88. The summed E-state index contributed by atoms with van der Waals surface area (Å²) in [6.07, 6.45) is 0.964. The number of carbonyl (C=O) groups excluding carboxylic acids is 1. The van der Waals surface area contributed by atoms with Crippen molar-refractivity contribution in [2.75, 3.05) is 40.4 Å². The first kappa shape index (κ1) is 25.2. The summed E-state index contributed by atoms with van der Waals surface area (Å²) in [7, 11) is 3.42. The standard InChI is InChI=1S/C25H36N4O3/c1-5-26-25(27-15-10-16-31-20(2)22-12-7-6-8-13-22)28-18-21-11-9-14-23(17-21)32-19-24(30)29(3)4/h6-9,11-14,17,20H,5,10,15-16,18-19H2,1-4H3,(H2,26,27,28). The van der Waals surface area contributed by atoms with Gasteiger partial charge in [-0.1, -0.05) is 42.5 Å². The van der Waals surface area contributed by atoms with E-state index in [4.69, 9.17) is 9.47 Å². The average molecular weight is 441 g/mol. The minimum atomic E-state index is -0.0748. The SMILES string of the molecule is CCNC(=NCc1cccc(OCC(=O)N(C)C)c1)NCCCOC(C)c1ccccc1. The van der Waals surface area contributed by atoms with Gasteiger partial charge in [0.25, 0.3) is 5.91 Å². The van der Waals surface area contributed by atoms with Crippen molar-refractivity contribution in [1.82, 2.24) is 15.5 Å². The van der Waals surface area contributed by atoms with Gasteiger partial charge in [-0.2, -0.15) is 0 Å². The Hall–Kier alpha value is -3.06. The summed E-state index contributed by atoms with van der Waals surface area (Å²) in [5, 5.41) is 6.61.